The summed E-state index contributed by atoms with van der Waals surface area (Å²) in [5.41, 5.74) is 6.83. The van der Waals surface area contributed by atoms with Crippen LogP contribution in [0.3, 0.4) is 0 Å². The third kappa shape index (κ3) is 3.50. The largest absolute Gasteiger partial charge is 0.367 e. The summed E-state index contributed by atoms with van der Waals surface area (Å²) in [7, 11) is 0. The van der Waals surface area contributed by atoms with Crippen LogP contribution in [0.1, 0.15) is 36.0 Å². The third-order valence-corrected chi connectivity index (χ3v) is 4.75. The molecule has 2 aliphatic rings. The minimum absolute atomic E-state index is 0.431. The van der Waals surface area contributed by atoms with Gasteiger partial charge in [0.1, 0.15) is 0 Å². The minimum atomic E-state index is -0.431. The number of carbonyl (C=O) groups is 1. The number of carbonyl (C=O) groups excluding carboxylic acids is 1. The van der Waals surface area contributed by atoms with Crippen LogP contribution in [0.25, 0.3) is 0 Å². The number of amides is 1. The summed E-state index contributed by atoms with van der Waals surface area (Å²) in [6.07, 6.45) is 4.91. The van der Waals surface area contributed by atoms with E-state index >= 15 is 0 Å². The Kier molecular flexibility index (Phi) is 4.36. The minimum Gasteiger partial charge on any atom is -0.367 e. The fourth-order valence-electron chi connectivity index (χ4n) is 3.07. The van der Waals surface area contributed by atoms with Crippen molar-refractivity contribution in [3.63, 3.8) is 0 Å². The second-order valence-electron chi connectivity index (χ2n) is 6.11. The maximum absolute atomic E-state index is 11.2. The smallest absolute Gasteiger partial charge is 0.248 e. The highest BCUT2D eigenvalue weighted by Crippen LogP contribution is 2.37. The van der Waals surface area contributed by atoms with Crippen molar-refractivity contribution in [1.29, 1.82) is 0 Å². The average Bonchev–Trinajstić information content (AvgIpc) is 3.31. The summed E-state index contributed by atoms with van der Waals surface area (Å²) in [6.45, 7) is 3.27. The van der Waals surface area contributed by atoms with Gasteiger partial charge in [-0.15, -0.1) is 0 Å². The molecule has 1 heterocycles. The van der Waals surface area contributed by atoms with Gasteiger partial charge in [-0.2, -0.15) is 0 Å². The van der Waals surface area contributed by atoms with Crippen LogP contribution in [-0.2, 0) is 0 Å². The fraction of sp³-hybridized carbons (Fsp3) is 0.562. The molecule has 21 heavy (non-hydrogen) atoms. The number of hydrogen-bond acceptors (Lipinski definition) is 3. The molecule has 1 saturated heterocycles. The highest BCUT2D eigenvalue weighted by atomic mass is 35.5. The summed E-state index contributed by atoms with van der Waals surface area (Å²) < 4.78 is 0. The van der Waals surface area contributed by atoms with Crippen LogP contribution < -0.4 is 16.0 Å². The van der Waals surface area contributed by atoms with E-state index < -0.39 is 5.91 Å². The second kappa shape index (κ2) is 6.24. The number of benzene rings is 1. The normalized spacial score (nSPS) is 19.5. The maximum atomic E-state index is 11.2. The molecule has 2 fully saturated rings. The lowest BCUT2D eigenvalue weighted by molar-refractivity contribution is 0.100. The van der Waals surface area contributed by atoms with E-state index in [0.717, 1.165) is 31.2 Å². The first-order valence-corrected chi connectivity index (χ1v) is 8.09. The predicted octanol–water partition coefficient (Wildman–Crippen LogP) is 2.41. The lowest BCUT2D eigenvalue weighted by Gasteiger charge is -2.32. The van der Waals surface area contributed by atoms with E-state index in [9.17, 15) is 4.79 Å². The zero-order valence-corrected chi connectivity index (χ0v) is 12.9. The van der Waals surface area contributed by atoms with Crippen molar-refractivity contribution in [1.82, 2.24) is 5.32 Å². The number of hydrogen-bond donors (Lipinski definition) is 2. The molecule has 1 amide bonds. The first-order valence-electron chi connectivity index (χ1n) is 7.72. The molecule has 5 heteroatoms. The second-order valence-corrected chi connectivity index (χ2v) is 6.51. The van der Waals surface area contributed by atoms with Crippen molar-refractivity contribution < 1.29 is 4.79 Å². The van der Waals surface area contributed by atoms with Gasteiger partial charge in [0.15, 0.2) is 0 Å². The molecule has 1 aromatic carbocycles. The summed E-state index contributed by atoms with van der Waals surface area (Å²) in [5.74, 6) is 0.290. The zero-order valence-electron chi connectivity index (χ0n) is 12.1. The molecule has 0 aromatic heterocycles. The van der Waals surface area contributed by atoms with Crippen LogP contribution in [0, 0.1) is 5.92 Å². The van der Waals surface area contributed by atoms with Gasteiger partial charge in [-0.25, -0.2) is 0 Å². The van der Waals surface area contributed by atoms with E-state index in [1.165, 1.54) is 25.7 Å². The molecule has 0 bridgehead atoms. The molecular weight excluding hydrogens is 286 g/mol. The van der Waals surface area contributed by atoms with E-state index in [0.29, 0.717) is 16.6 Å². The SMILES string of the molecule is NC(=O)c1ccc(N(CC2CCNCC2)C2CC2)c(Cl)c1. The van der Waals surface area contributed by atoms with E-state index in [2.05, 4.69) is 10.2 Å². The van der Waals surface area contributed by atoms with Gasteiger partial charge >= 0.3 is 0 Å². The van der Waals surface area contributed by atoms with Gasteiger partial charge in [-0.05, 0) is 62.9 Å². The number of primary amides is 1. The number of nitrogens with one attached hydrogen (secondary N) is 1. The number of rotatable bonds is 5. The molecule has 1 aromatic rings. The lowest BCUT2D eigenvalue weighted by Crippen LogP contribution is -2.37. The fourth-order valence-corrected chi connectivity index (χ4v) is 3.35. The van der Waals surface area contributed by atoms with Crippen LogP contribution >= 0.6 is 11.6 Å². The van der Waals surface area contributed by atoms with Crippen LogP contribution in [-0.4, -0.2) is 31.6 Å². The van der Waals surface area contributed by atoms with Gasteiger partial charge in [0.2, 0.25) is 5.91 Å². The van der Waals surface area contributed by atoms with Crippen molar-refractivity contribution in [3.05, 3.63) is 28.8 Å². The van der Waals surface area contributed by atoms with Crippen molar-refractivity contribution >= 4 is 23.2 Å². The van der Waals surface area contributed by atoms with Gasteiger partial charge in [0.05, 0.1) is 10.7 Å². The van der Waals surface area contributed by atoms with Crippen molar-refractivity contribution in [3.8, 4) is 0 Å². The first kappa shape index (κ1) is 14.7. The molecule has 1 aliphatic heterocycles. The Labute approximate surface area is 130 Å². The van der Waals surface area contributed by atoms with Gasteiger partial charge in [-0.3, -0.25) is 4.79 Å². The number of nitrogens with zero attached hydrogens (tertiary/aromatic N) is 1. The standard InChI is InChI=1S/C16H22ClN3O/c17-14-9-12(16(18)21)1-4-15(14)20(13-2-3-13)10-11-5-7-19-8-6-11/h1,4,9,11,13,19H,2-3,5-8,10H2,(H2,18,21). The summed E-state index contributed by atoms with van der Waals surface area (Å²) >= 11 is 6.40. The Morgan fingerprint density at radius 3 is 2.57 bits per heavy atom. The Bertz CT molecular complexity index is 524. The molecule has 3 rings (SSSR count). The third-order valence-electron chi connectivity index (χ3n) is 4.44. The highest BCUT2D eigenvalue weighted by molar-refractivity contribution is 6.33. The number of halogens is 1. The quantitative estimate of drug-likeness (QED) is 0.878. The topological polar surface area (TPSA) is 58.4 Å². The van der Waals surface area contributed by atoms with E-state index in [-0.39, 0.29) is 0 Å². The van der Waals surface area contributed by atoms with Crippen LogP contribution in [0.15, 0.2) is 18.2 Å². The molecule has 0 radical (unpaired) electrons. The predicted molar refractivity (Wildman–Crippen MR) is 85.9 cm³/mol. The molecule has 0 spiro atoms. The molecule has 114 valence electrons. The molecule has 0 atom stereocenters. The monoisotopic (exact) mass is 307 g/mol. The summed E-state index contributed by atoms with van der Waals surface area (Å²) in [5, 5.41) is 4.04. The van der Waals surface area contributed by atoms with Gasteiger partial charge in [-0.1, -0.05) is 11.6 Å². The van der Waals surface area contributed by atoms with Crippen LogP contribution in [0.4, 0.5) is 5.69 Å². The Hall–Kier alpha value is -1.26. The Morgan fingerprint density at radius 2 is 2.00 bits per heavy atom. The van der Waals surface area contributed by atoms with Gasteiger partial charge in [0.25, 0.3) is 0 Å². The highest BCUT2D eigenvalue weighted by Gasteiger charge is 2.32. The molecule has 1 saturated carbocycles. The van der Waals surface area contributed by atoms with Crippen LogP contribution in [0.2, 0.25) is 5.02 Å². The molecular formula is C16H22ClN3O. The van der Waals surface area contributed by atoms with E-state index in [4.69, 9.17) is 17.3 Å². The van der Waals surface area contributed by atoms with Crippen molar-refractivity contribution in [2.75, 3.05) is 24.5 Å². The zero-order chi connectivity index (χ0) is 14.8. The molecule has 0 unspecified atom stereocenters. The number of nitrogens with two attached hydrogens (primary N) is 1. The molecule has 1 aliphatic carbocycles. The summed E-state index contributed by atoms with van der Waals surface area (Å²) in [6, 6.07) is 6.03. The van der Waals surface area contributed by atoms with Gasteiger partial charge < -0.3 is 16.0 Å². The van der Waals surface area contributed by atoms with E-state index in [1.807, 2.05) is 6.07 Å². The summed E-state index contributed by atoms with van der Waals surface area (Å²) in [4.78, 5) is 13.7. The molecule has 4 nitrogen and oxygen atoms in total. The van der Waals surface area contributed by atoms with E-state index in [1.54, 1.807) is 12.1 Å². The lowest BCUT2D eigenvalue weighted by atomic mass is 9.97. The van der Waals surface area contributed by atoms with Crippen LogP contribution in [0.5, 0.6) is 0 Å². The maximum Gasteiger partial charge on any atom is 0.248 e. The Balaban J connectivity index is 1.78. The Morgan fingerprint density at radius 1 is 1.29 bits per heavy atom. The molecule has 3 N–H and O–H groups in total. The van der Waals surface area contributed by atoms with Gasteiger partial charge in [0, 0.05) is 18.2 Å². The van der Waals surface area contributed by atoms with Crippen molar-refractivity contribution in [2.24, 2.45) is 11.7 Å². The first-order chi connectivity index (χ1) is 10.1. The number of piperidine rings is 1. The van der Waals surface area contributed by atoms with Crippen molar-refractivity contribution in [2.45, 2.75) is 31.7 Å². The number of anilines is 1. The average molecular weight is 308 g/mol.